The lowest BCUT2D eigenvalue weighted by Gasteiger charge is -2.07. The monoisotopic (exact) mass is 268 g/mol. The first-order chi connectivity index (χ1) is 9.74. The number of rotatable bonds is 4. The molecule has 6 heteroatoms. The van der Waals surface area contributed by atoms with Crippen LogP contribution in [0.25, 0.3) is 5.69 Å². The molecule has 1 aromatic carbocycles. The van der Waals surface area contributed by atoms with Gasteiger partial charge in [-0.05, 0) is 31.2 Å². The molecule has 2 aromatic heterocycles. The summed E-state index contributed by atoms with van der Waals surface area (Å²) in [7, 11) is 1.95. The lowest BCUT2D eigenvalue weighted by Crippen LogP contribution is -2.02. The molecule has 3 rings (SSSR count). The quantitative estimate of drug-likeness (QED) is 0.785. The lowest BCUT2D eigenvalue weighted by molar-refractivity contribution is 0.738. The van der Waals surface area contributed by atoms with Gasteiger partial charge < -0.3 is 5.32 Å². The number of nitrogens with one attached hydrogen (secondary N) is 1. The van der Waals surface area contributed by atoms with E-state index in [0.717, 1.165) is 17.9 Å². The summed E-state index contributed by atoms with van der Waals surface area (Å²) in [6.45, 7) is 2.83. The molecule has 0 fully saturated rings. The Bertz CT molecular complexity index is 681. The number of hydrogen-bond acceptors (Lipinski definition) is 4. The van der Waals surface area contributed by atoms with Crippen LogP contribution in [0.15, 0.2) is 43.1 Å². The zero-order valence-electron chi connectivity index (χ0n) is 11.5. The normalized spacial score (nSPS) is 10.7. The molecular formula is C14H16N6. The summed E-state index contributed by atoms with van der Waals surface area (Å²) in [4.78, 5) is 3.94. The predicted molar refractivity (Wildman–Crippen MR) is 76.6 cm³/mol. The van der Waals surface area contributed by atoms with E-state index in [1.165, 1.54) is 17.6 Å². The van der Waals surface area contributed by atoms with Gasteiger partial charge in [0.15, 0.2) is 0 Å². The van der Waals surface area contributed by atoms with Crippen molar-refractivity contribution in [3.05, 3.63) is 54.4 Å². The van der Waals surface area contributed by atoms with Crippen molar-refractivity contribution in [2.45, 2.75) is 13.5 Å². The molecule has 0 bridgehead atoms. The predicted octanol–water partition coefficient (Wildman–Crippen LogP) is 1.92. The SMILES string of the molecule is Cc1c(CNc2ccc(-n3cncn3)cc2)cnn1C. The van der Waals surface area contributed by atoms with Crippen LogP contribution in [0.4, 0.5) is 5.69 Å². The summed E-state index contributed by atoms with van der Waals surface area (Å²) < 4.78 is 3.61. The molecule has 0 saturated carbocycles. The molecule has 0 aliphatic rings. The van der Waals surface area contributed by atoms with E-state index >= 15 is 0 Å². The van der Waals surface area contributed by atoms with Crippen molar-refractivity contribution in [1.29, 1.82) is 0 Å². The topological polar surface area (TPSA) is 60.6 Å². The minimum Gasteiger partial charge on any atom is -0.381 e. The van der Waals surface area contributed by atoms with Gasteiger partial charge in [0.2, 0.25) is 0 Å². The van der Waals surface area contributed by atoms with Gasteiger partial charge in [0.1, 0.15) is 12.7 Å². The summed E-state index contributed by atoms with van der Waals surface area (Å²) in [5.74, 6) is 0. The lowest BCUT2D eigenvalue weighted by atomic mass is 10.2. The Balaban J connectivity index is 1.68. The van der Waals surface area contributed by atoms with Gasteiger partial charge in [0.25, 0.3) is 0 Å². The Morgan fingerprint density at radius 3 is 2.55 bits per heavy atom. The fourth-order valence-electron chi connectivity index (χ4n) is 1.99. The number of anilines is 1. The maximum atomic E-state index is 4.23. The molecule has 3 aromatic rings. The minimum atomic E-state index is 0.766. The smallest absolute Gasteiger partial charge is 0.138 e. The zero-order chi connectivity index (χ0) is 13.9. The Hall–Kier alpha value is -2.63. The third-order valence-electron chi connectivity index (χ3n) is 3.37. The molecule has 0 aliphatic heterocycles. The molecule has 0 radical (unpaired) electrons. The van der Waals surface area contributed by atoms with Crippen LogP contribution in [-0.4, -0.2) is 24.5 Å². The molecular weight excluding hydrogens is 252 g/mol. The maximum Gasteiger partial charge on any atom is 0.138 e. The Labute approximate surface area is 117 Å². The largest absolute Gasteiger partial charge is 0.381 e. The van der Waals surface area contributed by atoms with Crippen molar-refractivity contribution in [2.75, 3.05) is 5.32 Å². The highest BCUT2D eigenvalue weighted by atomic mass is 15.3. The number of aryl methyl sites for hydroxylation is 1. The van der Waals surface area contributed by atoms with E-state index in [1.807, 2.05) is 42.2 Å². The number of nitrogens with zero attached hydrogens (tertiary/aromatic N) is 5. The van der Waals surface area contributed by atoms with Crippen LogP contribution in [0.1, 0.15) is 11.3 Å². The molecule has 0 amide bonds. The van der Waals surface area contributed by atoms with Crippen LogP contribution in [0, 0.1) is 6.92 Å². The first-order valence-electron chi connectivity index (χ1n) is 6.40. The third kappa shape index (κ3) is 2.40. The maximum absolute atomic E-state index is 4.23. The average molecular weight is 268 g/mol. The zero-order valence-corrected chi connectivity index (χ0v) is 11.5. The van der Waals surface area contributed by atoms with E-state index < -0.39 is 0 Å². The van der Waals surface area contributed by atoms with Gasteiger partial charge in [-0.1, -0.05) is 0 Å². The van der Waals surface area contributed by atoms with Gasteiger partial charge in [-0.2, -0.15) is 10.2 Å². The molecule has 6 nitrogen and oxygen atoms in total. The van der Waals surface area contributed by atoms with E-state index in [1.54, 1.807) is 11.0 Å². The molecule has 0 saturated heterocycles. The van der Waals surface area contributed by atoms with Crippen molar-refractivity contribution < 1.29 is 0 Å². The molecule has 0 aliphatic carbocycles. The second-order valence-electron chi connectivity index (χ2n) is 4.62. The van der Waals surface area contributed by atoms with Crippen LogP contribution in [0.2, 0.25) is 0 Å². The van der Waals surface area contributed by atoms with E-state index in [2.05, 4.69) is 27.4 Å². The van der Waals surface area contributed by atoms with Gasteiger partial charge in [0, 0.05) is 30.5 Å². The summed E-state index contributed by atoms with van der Waals surface area (Å²) in [6, 6.07) is 8.08. The average Bonchev–Trinajstić information content (AvgIpc) is 3.10. The van der Waals surface area contributed by atoms with E-state index in [9.17, 15) is 0 Å². The van der Waals surface area contributed by atoms with Crippen molar-refractivity contribution in [3.8, 4) is 5.69 Å². The molecule has 1 N–H and O–H groups in total. The fraction of sp³-hybridized carbons (Fsp3) is 0.214. The highest BCUT2D eigenvalue weighted by molar-refractivity contribution is 5.48. The Kier molecular flexibility index (Phi) is 3.20. The van der Waals surface area contributed by atoms with Crippen LogP contribution in [0.5, 0.6) is 0 Å². The third-order valence-corrected chi connectivity index (χ3v) is 3.37. The van der Waals surface area contributed by atoms with Crippen molar-refractivity contribution >= 4 is 5.69 Å². The summed E-state index contributed by atoms with van der Waals surface area (Å²) >= 11 is 0. The minimum absolute atomic E-state index is 0.766. The molecule has 102 valence electrons. The Morgan fingerprint density at radius 1 is 1.15 bits per heavy atom. The van der Waals surface area contributed by atoms with E-state index in [0.29, 0.717) is 0 Å². The summed E-state index contributed by atoms with van der Waals surface area (Å²) in [6.07, 6.45) is 5.10. The van der Waals surface area contributed by atoms with Crippen molar-refractivity contribution in [2.24, 2.45) is 7.05 Å². The van der Waals surface area contributed by atoms with Gasteiger partial charge in [-0.25, -0.2) is 9.67 Å². The second kappa shape index (κ2) is 5.16. The summed E-state index contributed by atoms with van der Waals surface area (Å²) in [5, 5.41) is 11.7. The van der Waals surface area contributed by atoms with E-state index in [4.69, 9.17) is 0 Å². The fourth-order valence-corrected chi connectivity index (χ4v) is 1.99. The second-order valence-corrected chi connectivity index (χ2v) is 4.62. The first-order valence-corrected chi connectivity index (χ1v) is 6.40. The molecule has 0 spiro atoms. The number of benzene rings is 1. The van der Waals surface area contributed by atoms with E-state index in [-0.39, 0.29) is 0 Å². The molecule has 20 heavy (non-hydrogen) atoms. The van der Waals surface area contributed by atoms with Crippen LogP contribution in [-0.2, 0) is 13.6 Å². The summed E-state index contributed by atoms with van der Waals surface area (Å²) in [5.41, 5.74) is 4.44. The highest BCUT2D eigenvalue weighted by Gasteiger charge is 2.03. The van der Waals surface area contributed by atoms with Gasteiger partial charge in [-0.15, -0.1) is 0 Å². The van der Waals surface area contributed by atoms with Gasteiger partial charge in [0.05, 0.1) is 11.9 Å². The number of hydrogen-bond donors (Lipinski definition) is 1. The first kappa shape index (κ1) is 12.4. The standard InChI is InChI=1S/C14H16N6/c1-11-12(8-17-19(11)2)7-16-13-3-5-14(6-4-13)20-10-15-9-18-20/h3-6,8-10,16H,7H2,1-2H3. The van der Waals surface area contributed by atoms with Crippen LogP contribution >= 0.6 is 0 Å². The van der Waals surface area contributed by atoms with Crippen molar-refractivity contribution in [3.63, 3.8) is 0 Å². The molecule has 0 unspecified atom stereocenters. The van der Waals surface area contributed by atoms with Crippen LogP contribution in [0.3, 0.4) is 0 Å². The van der Waals surface area contributed by atoms with Gasteiger partial charge in [-0.3, -0.25) is 4.68 Å². The molecule has 0 atom stereocenters. The van der Waals surface area contributed by atoms with Crippen LogP contribution < -0.4 is 5.32 Å². The number of aromatic nitrogens is 5. The van der Waals surface area contributed by atoms with Crippen molar-refractivity contribution in [1.82, 2.24) is 24.5 Å². The highest BCUT2D eigenvalue weighted by Crippen LogP contribution is 2.14. The Morgan fingerprint density at radius 2 is 1.95 bits per heavy atom. The molecule has 2 heterocycles. The van der Waals surface area contributed by atoms with Gasteiger partial charge >= 0.3 is 0 Å².